The second-order valence-electron chi connectivity index (χ2n) is 7.84. The van der Waals surface area contributed by atoms with Crippen molar-refractivity contribution in [2.24, 2.45) is 11.8 Å². The SMILES string of the molecule is CC(C)Cc1ccc(Sc2ccccc2OC2CCNC2C(C)C(=O)O)cc1. The van der Waals surface area contributed by atoms with Gasteiger partial charge < -0.3 is 15.2 Å². The average molecular weight is 400 g/mol. The predicted octanol–water partition coefficient (Wildman–Crippen LogP) is 4.87. The fraction of sp³-hybridized carbons (Fsp3) is 0.435. The molecule has 0 aromatic heterocycles. The second-order valence-corrected chi connectivity index (χ2v) is 8.96. The summed E-state index contributed by atoms with van der Waals surface area (Å²) in [7, 11) is 0. The molecule has 28 heavy (non-hydrogen) atoms. The molecule has 3 atom stereocenters. The number of nitrogens with one attached hydrogen (secondary N) is 1. The van der Waals surface area contributed by atoms with Crippen molar-refractivity contribution in [2.75, 3.05) is 6.54 Å². The largest absolute Gasteiger partial charge is 0.488 e. The third kappa shape index (κ3) is 5.30. The lowest BCUT2D eigenvalue weighted by atomic mass is 9.98. The van der Waals surface area contributed by atoms with Crippen LogP contribution >= 0.6 is 11.8 Å². The molecule has 1 saturated heterocycles. The van der Waals surface area contributed by atoms with E-state index in [9.17, 15) is 9.90 Å². The first-order chi connectivity index (χ1) is 13.4. The van der Waals surface area contributed by atoms with Gasteiger partial charge in [-0.15, -0.1) is 0 Å². The van der Waals surface area contributed by atoms with Gasteiger partial charge in [0.25, 0.3) is 0 Å². The molecule has 0 bridgehead atoms. The minimum Gasteiger partial charge on any atom is -0.488 e. The van der Waals surface area contributed by atoms with Crippen molar-refractivity contribution in [1.82, 2.24) is 5.32 Å². The molecule has 1 aliphatic heterocycles. The average Bonchev–Trinajstić information content (AvgIpc) is 3.12. The van der Waals surface area contributed by atoms with Crippen LogP contribution in [0.5, 0.6) is 5.75 Å². The minimum absolute atomic E-state index is 0.138. The van der Waals surface area contributed by atoms with Crippen LogP contribution in [0.25, 0.3) is 0 Å². The summed E-state index contributed by atoms with van der Waals surface area (Å²) in [6.45, 7) is 6.97. The zero-order valence-corrected chi connectivity index (χ0v) is 17.5. The summed E-state index contributed by atoms with van der Waals surface area (Å²) in [4.78, 5) is 13.6. The Kier molecular flexibility index (Phi) is 7.03. The number of benzene rings is 2. The molecule has 0 aliphatic carbocycles. The van der Waals surface area contributed by atoms with Gasteiger partial charge >= 0.3 is 5.97 Å². The van der Waals surface area contributed by atoms with E-state index in [1.54, 1.807) is 18.7 Å². The van der Waals surface area contributed by atoms with Crippen molar-refractivity contribution in [3.63, 3.8) is 0 Å². The van der Waals surface area contributed by atoms with E-state index in [4.69, 9.17) is 4.74 Å². The van der Waals surface area contributed by atoms with Crippen molar-refractivity contribution >= 4 is 17.7 Å². The molecule has 2 N–H and O–H groups in total. The van der Waals surface area contributed by atoms with Crippen LogP contribution in [0.2, 0.25) is 0 Å². The van der Waals surface area contributed by atoms with Gasteiger partial charge in [-0.3, -0.25) is 4.79 Å². The number of carbonyl (C=O) groups is 1. The van der Waals surface area contributed by atoms with Gasteiger partial charge in [-0.1, -0.05) is 56.8 Å². The molecule has 1 heterocycles. The van der Waals surface area contributed by atoms with E-state index in [1.165, 1.54) is 10.5 Å². The number of rotatable bonds is 8. The Morgan fingerprint density at radius 3 is 2.57 bits per heavy atom. The third-order valence-corrected chi connectivity index (χ3v) is 6.13. The van der Waals surface area contributed by atoms with Crippen molar-refractivity contribution in [3.05, 3.63) is 54.1 Å². The highest BCUT2D eigenvalue weighted by atomic mass is 32.2. The van der Waals surface area contributed by atoms with Gasteiger partial charge in [0.05, 0.1) is 16.9 Å². The number of hydrogen-bond donors (Lipinski definition) is 2. The topological polar surface area (TPSA) is 58.6 Å². The Hall–Kier alpha value is -1.98. The molecule has 1 fully saturated rings. The first-order valence-electron chi connectivity index (χ1n) is 9.92. The molecule has 3 unspecified atom stereocenters. The minimum atomic E-state index is -0.794. The molecule has 4 nitrogen and oxygen atoms in total. The molecule has 1 aliphatic rings. The Bertz CT molecular complexity index is 791. The number of carboxylic acid groups (broad SMARTS) is 1. The first kappa shape index (κ1) is 20.7. The Morgan fingerprint density at radius 2 is 1.89 bits per heavy atom. The Balaban J connectivity index is 1.72. The summed E-state index contributed by atoms with van der Waals surface area (Å²) in [6.07, 6.45) is 1.76. The Morgan fingerprint density at radius 1 is 1.18 bits per heavy atom. The first-order valence-corrected chi connectivity index (χ1v) is 10.7. The fourth-order valence-corrected chi connectivity index (χ4v) is 4.46. The molecule has 150 valence electrons. The lowest BCUT2D eigenvalue weighted by molar-refractivity contribution is -0.142. The van der Waals surface area contributed by atoms with Crippen LogP contribution in [-0.4, -0.2) is 29.8 Å². The molecular weight excluding hydrogens is 370 g/mol. The van der Waals surface area contributed by atoms with Gasteiger partial charge in [0.2, 0.25) is 0 Å². The quantitative estimate of drug-likeness (QED) is 0.663. The maximum absolute atomic E-state index is 11.4. The molecular formula is C23H29NO3S. The van der Waals surface area contributed by atoms with E-state index >= 15 is 0 Å². The maximum Gasteiger partial charge on any atom is 0.307 e. The molecule has 2 aromatic carbocycles. The summed E-state index contributed by atoms with van der Waals surface area (Å²) in [5, 5.41) is 12.6. The van der Waals surface area contributed by atoms with Crippen molar-refractivity contribution < 1.29 is 14.6 Å². The van der Waals surface area contributed by atoms with E-state index in [2.05, 4.69) is 49.5 Å². The summed E-state index contributed by atoms with van der Waals surface area (Å²) in [5.74, 6) is 0.182. The molecule has 0 saturated carbocycles. The molecule has 0 radical (unpaired) electrons. The molecule has 2 aromatic rings. The predicted molar refractivity (Wildman–Crippen MR) is 113 cm³/mol. The van der Waals surface area contributed by atoms with E-state index in [0.29, 0.717) is 5.92 Å². The summed E-state index contributed by atoms with van der Waals surface area (Å²) in [6, 6.07) is 16.5. The summed E-state index contributed by atoms with van der Waals surface area (Å²) >= 11 is 1.68. The molecule has 5 heteroatoms. The van der Waals surface area contributed by atoms with Crippen LogP contribution in [-0.2, 0) is 11.2 Å². The second kappa shape index (κ2) is 9.48. The molecule has 0 amide bonds. The maximum atomic E-state index is 11.4. The highest BCUT2D eigenvalue weighted by Gasteiger charge is 2.36. The van der Waals surface area contributed by atoms with Crippen LogP contribution in [0, 0.1) is 11.8 Å². The van der Waals surface area contributed by atoms with E-state index in [-0.39, 0.29) is 12.1 Å². The monoisotopic (exact) mass is 399 g/mol. The van der Waals surface area contributed by atoms with Crippen molar-refractivity contribution in [3.8, 4) is 5.75 Å². The standard InChI is InChI=1S/C23H29NO3S/c1-15(2)14-17-8-10-18(11-9-17)28-21-7-5-4-6-19(21)27-20-12-13-24-22(20)16(3)23(25)26/h4-11,15-16,20,22,24H,12-14H2,1-3H3,(H,25,26). The van der Waals surface area contributed by atoms with Crippen molar-refractivity contribution in [2.45, 2.75) is 55.5 Å². The normalized spacial score (nSPS) is 20.3. The third-order valence-electron chi connectivity index (χ3n) is 5.06. The van der Waals surface area contributed by atoms with Crippen LogP contribution in [0.1, 0.15) is 32.8 Å². The zero-order chi connectivity index (χ0) is 20.1. The lowest BCUT2D eigenvalue weighted by Crippen LogP contribution is -2.42. The molecule has 3 rings (SSSR count). The van der Waals surface area contributed by atoms with Crippen LogP contribution in [0.4, 0.5) is 0 Å². The van der Waals surface area contributed by atoms with Gasteiger partial charge in [0.15, 0.2) is 0 Å². The smallest absolute Gasteiger partial charge is 0.307 e. The van der Waals surface area contributed by atoms with Gasteiger partial charge in [-0.2, -0.15) is 0 Å². The fourth-order valence-electron chi connectivity index (χ4n) is 3.57. The summed E-state index contributed by atoms with van der Waals surface area (Å²) < 4.78 is 6.29. The zero-order valence-electron chi connectivity index (χ0n) is 16.7. The molecule has 0 spiro atoms. The number of aliphatic carboxylic acids is 1. The van der Waals surface area contributed by atoms with Crippen molar-refractivity contribution in [1.29, 1.82) is 0 Å². The van der Waals surface area contributed by atoms with Gasteiger partial charge in [-0.05, 0) is 55.1 Å². The number of ether oxygens (including phenoxy) is 1. The lowest BCUT2D eigenvalue weighted by Gasteiger charge is -2.25. The highest BCUT2D eigenvalue weighted by molar-refractivity contribution is 7.99. The highest BCUT2D eigenvalue weighted by Crippen LogP contribution is 2.36. The van der Waals surface area contributed by atoms with Gasteiger partial charge in [0.1, 0.15) is 11.9 Å². The Labute approximate surface area is 171 Å². The van der Waals surface area contributed by atoms with E-state index < -0.39 is 11.9 Å². The number of carboxylic acids is 1. The van der Waals surface area contributed by atoms with Crippen LogP contribution in [0.3, 0.4) is 0 Å². The number of para-hydroxylation sites is 1. The summed E-state index contributed by atoms with van der Waals surface area (Å²) in [5.41, 5.74) is 1.35. The number of hydrogen-bond acceptors (Lipinski definition) is 4. The van der Waals surface area contributed by atoms with Gasteiger partial charge in [0, 0.05) is 4.90 Å². The van der Waals surface area contributed by atoms with Crippen LogP contribution in [0.15, 0.2) is 58.3 Å². The van der Waals surface area contributed by atoms with E-state index in [1.807, 2.05) is 18.2 Å². The van der Waals surface area contributed by atoms with Gasteiger partial charge in [-0.25, -0.2) is 0 Å². The van der Waals surface area contributed by atoms with E-state index in [0.717, 1.165) is 30.0 Å². The van der Waals surface area contributed by atoms with Crippen LogP contribution < -0.4 is 10.1 Å².